The predicted octanol–water partition coefficient (Wildman–Crippen LogP) is 1.37. The lowest BCUT2D eigenvalue weighted by Gasteiger charge is -2.34. The average Bonchev–Trinajstić information content (AvgIpc) is 3.30. The number of aromatic nitrogens is 4. The van der Waals surface area contributed by atoms with Gasteiger partial charge < -0.3 is 9.80 Å². The maximum Gasteiger partial charge on any atom is 0.250 e. The van der Waals surface area contributed by atoms with Crippen LogP contribution in [0.1, 0.15) is 29.0 Å². The molecule has 5 rings (SSSR count). The number of hydrogen-bond donors (Lipinski definition) is 1. The highest BCUT2D eigenvalue weighted by Crippen LogP contribution is 2.43. The zero-order chi connectivity index (χ0) is 20.8. The van der Waals surface area contributed by atoms with Gasteiger partial charge in [0.15, 0.2) is 0 Å². The smallest absolute Gasteiger partial charge is 0.250 e. The number of likely N-dealkylation sites (tertiary alicyclic amines) is 1. The van der Waals surface area contributed by atoms with Gasteiger partial charge in [-0.25, -0.2) is 0 Å². The van der Waals surface area contributed by atoms with Gasteiger partial charge in [0.2, 0.25) is 5.82 Å². The highest BCUT2D eigenvalue weighted by molar-refractivity contribution is 5.96. The van der Waals surface area contributed by atoms with Gasteiger partial charge in [-0.3, -0.25) is 4.79 Å². The second-order valence-corrected chi connectivity index (χ2v) is 8.66. The van der Waals surface area contributed by atoms with E-state index in [0.717, 1.165) is 36.3 Å². The second kappa shape index (κ2) is 7.32. The Balaban J connectivity index is 1.42. The Labute approximate surface area is 176 Å². The fraction of sp³-hybridized carbons (Fsp3) is 0.391. The number of anilines is 1. The third kappa shape index (κ3) is 3.19. The van der Waals surface area contributed by atoms with Crippen LogP contribution in [0, 0.1) is 13.8 Å². The monoisotopic (exact) mass is 403 g/mol. The number of carbonyl (C=O) groups is 1. The normalized spacial score (nSPS) is 22.6. The molecule has 0 saturated carbocycles. The van der Waals surface area contributed by atoms with Gasteiger partial charge in [0, 0.05) is 17.7 Å². The molecule has 1 amide bonds. The molecule has 3 aromatic rings. The van der Waals surface area contributed by atoms with E-state index in [1.54, 1.807) is 0 Å². The standard InChI is InChI=1S/C23H26N6O/c1-15-8-9-20-18(12-15)19-13-27(3)11-10-21(19)29(20)22(30)14-28-25-23(24-26-28)17-7-5-4-6-16(17)2/h4-9,12,19,21H,10-11,13-14H2,1-3H3/p+1/t19-,21+/m0/s1. The third-order valence-corrected chi connectivity index (χ3v) is 6.46. The van der Waals surface area contributed by atoms with E-state index in [-0.39, 0.29) is 18.5 Å². The molecule has 3 heterocycles. The summed E-state index contributed by atoms with van der Waals surface area (Å²) >= 11 is 0. The summed E-state index contributed by atoms with van der Waals surface area (Å²) in [6.07, 6.45) is 1.01. The van der Waals surface area contributed by atoms with Crippen LogP contribution in [0.5, 0.6) is 0 Å². The molecule has 2 aliphatic heterocycles. The number of piperidine rings is 1. The summed E-state index contributed by atoms with van der Waals surface area (Å²) in [7, 11) is 2.24. The number of likely N-dealkylation sites (N-methyl/N-ethyl adjacent to an activating group) is 1. The summed E-state index contributed by atoms with van der Waals surface area (Å²) < 4.78 is 0. The Kier molecular flexibility index (Phi) is 4.62. The fourth-order valence-corrected chi connectivity index (χ4v) is 4.96. The Morgan fingerprint density at radius 3 is 2.87 bits per heavy atom. The number of nitrogens with one attached hydrogen (secondary N) is 1. The number of aryl methyl sites for hydroxylation is 2. The van der Waals surface area contributed by atoms with Gasteiger partial charge in [-0.2, -0.15) is 4.80 Å². The molecule has 1 unspecified atom stereocenters. The van der Waals surface area contributed by atoms with Crippen molar-refractivity contribution < 1.29 is 9.69 Å². The third-order valence-electron chi connectivity index (χ3n) is 6.46. The van der Waals surface area contributed by atoms with E-state index in [0.29, 0.717) is 11.7 Å². The van der Waals surface area contributed by atoms with E-state index in [1.165, 1.54) is 20.8 Å². The molecule has 2 aromatic carbocycles. The van der Waals surface area contributed by atoms with Crippen LogP contribution in [0.2, 0.25) is 0 Å². The molecule has 1 aromatic heterocycles. The lowest BCUT2D eigenvalue weighted by molar-refractivity contribution is -0.886. The molecule has 3 atom stereocenters. The Morgan fingerprint density at radius 2 is 2.03 bits per heavy atom. The number of benzene rings is 2. The van der Waals surface area contributed by atoms with Gasteiger partial charge >= 0.3 is 0 Å². The molecule has 0 radical (unpaired) electrons. The van der Waals surface area contributed by atoms with Gasteiger partial charge in [-0.1, -0.05) is 42.0 Å². The number of quaternary nitrogens is 1. The van der Waals surface area contributed by atoms with Crippen molar-refractivity contribution in [1.82, 2.24) is 20.2 Å². The zero-order valence-corrected chi connectivity index (χ0v) is 17.7. The first-order valence-corrected chi connectivity index (χ1v) is 10.6. The highest BCUT2D eigenvalue weighted by atomic mass is 16.2. The van der Waals surface area contributed by atoms with E-state index in [2.05, 4.69) is 47.6 Å². The number of amides is 1. The number of nitrogens with zero attached hydrogens (tertiary/aromatic N) is 5. The van der Waals surface area contributed by atoms with E-state index in [1.807, 2.05) is 36.1 Å². The molecule has 2 aliphatic rings. The fourth-order valence-electron chi connectivity index (χ4n) is 4.96. The van der Waals surface area contributed by atoms with Crippen molar-refractivity contribution in [3.8, 4) is 11.4 Å². The topological polar surface area (TPSA) is 68.3 Å². The number of tetrazole rings is 1. The second-order valence-electron chi connectivity index (χ2n) is 8.66. The number of rotatable bonds is 3. The van der Waals surface area contributed by atoms with Crippen molar-refractivity contribution in [2.45, 2.75) is 38.8 Å². The average molecular weight is 404 g/mol. The Bertz CT molecular complexity index is 1110. The molecule has 7 nitrogen and oxygen atoms in total. The molecule has 0 spiro atoms. The predicted molar refractivity (Wildman–Crippen MR) is 114 cm³/mol. The van der Waals surface area contributed by atoms with Gasteiger partial charge in [0.05, 0.1) is 32.1 Å². The van der Waals surface area contributed by atoms with Gasteiger partial charge in [-0.05, 0) is 36.3 Å². The molecular formula is C23H27N6O+. The van der Waals surface area contributed by atoms with Crippen LogP contribution in [-0.2, 0) is 11.3 Å². The lowest BCUT2D eigenvalue weighted by atomic mass is 9.89. The molecule has 154 valence electrons. The van der Waals surface area contributed by atoms with Crippen LogP contribution in [0.15, 0.2) is 42.5 Å². The first kappa shape index (κ1) is 18.9. The molecular weight excluding hydrogens is 376 g/mol. The molecule has 1 N–H and O–H groups in total. The largest absolute Gasteiger partial charge is 0.337 e. The van der Waals surface area contributed by atoms with Crippen molar-refractivity contribution in [2.24, 2.45) is 0 Å². The lowest BCUT2D eigenvalue weighted by Crippen LogP contribution is -3.11. The molecule has 7 heteroatoms. The van der Waals surface area contributed by atoms with Gasteiger partial charge in [-0.15, -0.1) is 10.2 Å². The van der Waals surface area contributed by atoms with Crippen LogP contribution < -0.4 is 9.80 Å². The van der Waals surface area contributed by atoms with E-state index in [4.69, 9.17) is 0 Å². The molecule has 0 bridgehead atoms. The summed E-state index contributed by atoms with van der Waals surface area (Å²) in [6, 6.07) is 14.6. The maximum atomic E-state index is 13.4. The van der Waals surface area contributed by atoms with Crippen molar-refractivity contribution in [2.75, 3.05) is 25.0 Å². The van der Waals surface area contributed by atoms with Crippen LogP contribution >= 0.6 is 0 Å². The van der Waals surface area contributed by atoms with Crippen LogP contribution in [0.4, 0.5) is 5.69 Å². The van der Waals surface area contributed by atoms with Crippen molar-refractivity contribution in [3.05, 3.63) is 59.2 Å². The SMILES string of the molecule is Cc1ccc2c(c1)[C@@H]1C[NH+](C)CC[C@H]1N2C(=O)Cn1nnc(-c2ccccc2C)n1. The summed E-state index contributed by atoms with van der Waals surface area (Å²) in [5.74, 6) is 0.976. The minimum absolute atomic E-state index is 0.0286. The number of hydrogen-bond acceptors (Lipinski definition) is 4. The summed E-state index contributed by atoms with van der Waals surface area (Å²) in [5, 5.41) is 12.8. The van der Waals surface area contributed by atoms with E-state index < -0.39 is 0 Å². The van der Waals surface area contributed by atoms with E-state index in [9.17, 15) is 4.79 Å². The van der Waals surface area contributed by atoms with Crippen molar-refractivity contribution in [1.29, 1.82) is 0 Å². The first-order chi connectivity index (χ1) is 14.5. The van der Waals surface area contributed by atoms with Crippen LogP contribution in [-0.4, -0.2) is 52.3 Å². The number of carbonyl (C=O) groups excluding carboxylic acids is 1. The van der Waals surface area contributed by atoms with Crippen LogP contribution in [0.25, 0.3) is 11.4 Å². The Hall–Kier alpha value is -3.06. The molecule has 30 heavy (non-hydrogen) atoms. The van der Waals surface area contributed by atoms with Crippen LogP contribution in [0.3, 0.4) is 0 Å². The van der Waals surface area contributed by atoms with Gasteiger partial charge in [0.25, 0.3) is 5.91 Å². The summed E-state index contributed by atoms with van der Waals surface area (Å²) in [6.45, 7) is 6.37. The summed E-state index contributed by atoms with van der Waals surface area (Å²) in [4.78, 5) is 18.4. The minimum Gasteiger partial charge on any atom is -0.337 e. The highest BCUT2D eigenvalue weighted by Gasteiger charge is 2.45. The molecule has 0 aliphatic carbocycles. The van der Waals surface area contributed by atoms with Gasteiger partial charge in [0.1, 0.15) is 6.54 Å². The quantitative estimate of drug-likeness (QED) is 0.717. The Morgan fingerprint density at radius 1 is 1.20 bits per heavy atom. The maximum absolute atomic E-state index is 13.4. The molecule has 1 fully saturated rings. The minimum atomic E-state index is 0.0286. The van der Waals surface area contributed by atoms with Crippen molar-refractivity contribution in [3.63, 3.8) is 0 Å². The zero-order valence-electron chi connectivity index (χ0n) is 17.7. The number of fused-ring (bicyclic) bond motifs is 3. The van der Waals surface area contributed by atoms with E-state index >= 15 is 0 Å². The first-order valence-electron chi connectivity index (χ1n) is 10.6. The van der Waals surface area contributed by atoms with Crippen molar-refractivity contribution >= 4 is 11.6 Å². The molecule has 1 saturated heterocycles. The summed E-state index contributed by atoms with van der Waals surface area (Å²) in [5.41, 5.74) is 5.63.